The largest absolute Gasteiger partial charge is 0.354 e. The summed E-state index contributed by atoms with van der Waals surface area (Å²) in [6.45, 7) is 4.74. The molecule has 0 bridgehead atoms. The molecule has 1 amide bonds. The lowest BCUT2D eigenvalue weighted by Crippen LogP contribution is -2.46. The Hall–Kier alpha value is -1.88. The second-order valence-corrected chi connectivity index (χ2v) is 6.74. The van der Waals surface area contributed by atoms with Crippen LogP contribution in [0, 0.1) is 0 Å². The number of nitrogens with zero attached hydrogens (tertiary/aromatic N) is 3. The summed E-state index contributed by atoms with van der Waals surface area (Å²) in [6.07, 6.45) is 5.74. The number of nitrogens with one attached hydrogen (secondary N) is 1. The predicted molar refractivity (Wildman–Crippen MR) is 96.9 cm³/mol. The highest BCUT2D eigenvalue weighted by Gasteiger charge is 2.21. The van der Waals surface area contributed by atoms with Crippen LogP contribution in [0.25, 0.3) is 11.0 Å². The molecule has 1 aliphatic heterocycles. The van der Waals surface area contributed by atoms with Crippen LogP contribution in [0.5, 0.6) is 0 Å². The van der Waals surface area contributed by atoms with Gasteiger partial charge >= 0.3 is 0 Å². The van der Waals surface area contributed by atoms with Gasteiger partial charge in [0.2, 0.25) is 5.91 Å². The molecule has 2 aromatic rings. The number of carbonyl (C=O) groups excluding carboxylic acids is 1. The van der Waals surface area contributed by atoms with Crippen molar-refractivity contribution in [3.63, 3.8) is 0 Å². The van der Waals surface area contributed by atoms with E-state index in [1.165, 1.54) is 25.7 Å². The normalized spacial score (nSPS) is 17.6. The van der Waals surface area contributed by atoms with Crippen molar-refractivity contribution in [2.75, 3.05) is 19.6 Å². The van der Waals surface area contributed by atoms with Crippen LogP contribution in [0.15, 0.2) is 24.3 Å². The monoisotopic (exact) mass is 328 g/mol. The number of hydrogen-bond donors (Lipinski definition) is 1. The lowest BCUT2D eigenvalue weighted by Gasteiger charge is -2.26. The van der Waals surface area contributed by atoms with Crippen molar-refractivity contribution >= 4 is 16.9 Å². The molecule has 1 aliphatic rings. The van der Waals surface area contributed by atoms with Crippen molar-refractivity contribution in [2.45, 2.75) is 45.1 Å². The Kier molecular flexibility index (Phi) is 5.51. The van der Waals surface area contributed by atoms with Crippen LogP contribution < -0.4 is 5.32 Å². The first-order valence-corrected chi connectivity index (χ1v) is 9.09. The molecule has 1 aromatic heterocycles. The first kappa shape index (κ1) is 17.0. The lowest BCUT2D eigenvalue weighted by atomic mass is 10.2. The number of carbonyl (C=O) groups is 1. The number of hydrogen-bond acceptors (Lipinski definition) is 3. The number of likely N-dealkylation sites (tertiary alicyclic amines) is 1. The fraction of sp³-hybridized carbons (Fsp3) is 0.579. The number of imidazole rings is 1. The van der Waals surface area contributed by atoms with Gasteiger partial charge in [0.15, 0.2) is 0 Å². The Morgan fingerprint density at radius 1 is 1.21 bits per heavy atom. The van der Waals surface area contributed by atoms with Crippen molar-refractivity contribution < 1.29 is 4.79 Å². The van der Waals surface area contributed by atoms with E-state index in [2.05, 4.69) is 25.8 Å². The van der Waals surface area contributed by atoms with Gasteiger partial charge in [0, 0.05) is 20.0 Å². The minimum atomic E-state index is -0.0384. The number of fused-ring (bicyclic) bond motifs is 1. The Morgan fingerprint density at radius 3 is 2.62 bits per heavy atom. The molecular weight excluding hydrogens is 300 g/mol. The van der Waals surface area contributed by atoms with Gasteiger partial charge in [-0.2, -0.15) is 0 Å². The number of amides is 1. The van der Waals surface area contributed by atoms with Crippen molar-refractivity contribution in [1.82, 2.24) is 19.8 Å². The minimum Gasteiger partial charge on any atom is -0.354 e. The molecule has 1 fully saturated rings. The maximum atomic E-state index is 12.4. The molecule has 1 saturated heterocycles. The second-order valence-electron chi connectivity index (χ2n) is 6.74. The van der Waals surface area contributed by atoms with E-state index in [1.807, 2.05) is 32.2 Å². The van der Waals surface area contributed by atoms with Gasteiger partial charge in [0.1, 0.15) is 5.82 Å². The minimum absolute atomic E-state index is 0.0384. The summed E-state index contributed by atoms with van der Waals surface area (Å²) in [7, 11) is 2.03. The smallest absolute Gasteiger partial charge is 0.237 e. The first-order chi connectivity index (χ1) is 11.7. The van der Waals surface area contributed by atoms with E-state index in [4.69, 9.17) is 0 Å². The molecule has 130 valence electrons. The zero-order valence-corrected chi connectivity index (χ0v) is 14.8. The zero-order valence-electron chi connectivity index (χ0n) is 14.8. The maximum absolute atomic E-state index is 12.4. The van der Waals surface area contributed by atoms with Gasteiger partial charge in [-0.25, -0.2) is 4.98 Å². The lowest BCUT2D eigenvalue weighted by molar-refractivity contribution is -0.125. The van der Waals surface area contributed by atoms with Gasteiger partial charge in [-0.1, -0.05) is 25.0 Å². The fourth-order valence-electron chi connectivity index (χ4n) is 3.51. The predicted octanol–water partition coefficient (Wildman–Crippen LogP) is 2.50. The Bertz CT molecular complexity index is 686. The third kappa shape index (κ3) is 3.78. The molecule has 2 heterocycles. The van der Waals surface area contributed by atoms with Gasteiger partial charge in [-0.3, -0.25) is 9.69 Å². The molecule has 24 heavy (non-hydrogen) atoms. The topological polar surface area (TPSA) is 50.2 Å². The average molecular weight is 328 g/mol. The number of aryl methyl sites for hydroxylation is 1. The Labute approximate surface area is 144 Å². The van der Waals surface area contributed by atoms with Crippen LogP contribution in [0.2, 0.25) is 0 Å². The summed E-state index contributed by atoms with van der Waals surface area (Å²) in [6, 6.07) is 8.09. The van der Waals surface area contributed by atoms with Gasteiger partial charge in [0.25, 0.3) is 0 Å². The third-order valence-corrected chi connectivity index (χ3v) is 5.10. The molecule has 5 nitrogen and oxygen atoms in total. The molecule has 5 heteroatoms. The highest BCUT2D eigenvalue weighted by Crippen LogP contribution is 2.15. The van der Waals surface area contributed by atoms with E-state index >= 15 is 0 Å². The molecule has 0 aliphatic carbocycles. The van der Waals surface area contributed by atoms with Crippen LogP contribution in [-0.2, 0) is 18.3 Å². The summed E-state index contributed by atoms with van der Waals surface area (Å²) in [5.74, 6) is 1.15. The molecule has 0 spiro atoms. The summed E-state index contributed by atoms with van der Waals surface area (Å²) >= 11 is 0. The van der Waals surface area contributed by atoms with Gasteiger partial charge in [0.05, 0.1) is 17.1 Å². The van der Waals surface area contributed by atoms with E-state index in [0.29, 0.717) is 6.54 Å². The quantitative estimate of drug-likeness (QED) is 0.917. The van der Waals surface area contributed by atoms with E-state index < -0.39 is 0 Å². The second kappa shape index (κ2) is 7.79. The summed E-state index contributed by atoms with van der Waals surface area (Å²) in [4.78, 5) is 19.4. The molecule has 1 N–H and O–H groups in total. The summed E-state index contributed by atoms with van der Waals surface area (Å²) in [5, 5.41) is 3.09. The molecule has 0 saturated carbocycles. The molecule has 1 unspecified atom stereocenters. The van der Waals surface area contributed by atoms with Crippen molar-refractivity contribution in [1.29, 1.82) is 0 Å². The molecule has 0 radical (unpaired) electrons. The number of benzene rings is 1. The van der Waals surface area contributed by atoms with E-state index in [1.54, 1.807) is 0 Å². The number of rotatable bonds is 5. The number of para-hydroxylation sites is 2. The SMILES string of the molecule is CC(C(=O)NCCc1nc2ccccc2n1C)N1CCCCCC1. The van der Waals surface area contributed by atoms with Crippen molar-refractivity contribution in [3.05, 3.63) is 30.1 Å². The van der Waals surface area contributed by atoms with Crippen LogP contribution in [0.3, 0.4) is 0 Å². The van der Waals surface area contributed by atoms with Crippen LogP contribution in [-0.4, -0.2) is 46.0 Å². The zero-order chi connectivity index (χ0) is 16.9. The fourth-order valence-corrected chi connectivity index (χ4v) is 3.51. The first-order valence-electron chi connectivity index (χ1n) is 9.09. The standard InChI is InChI=1S/C19H28N4O/c1-15(23-13-7-3-4-8-14-23)19(24)20-12-11-18-21-16-9-5-6-10-17(16)22(18)2/h5-6,9-10,15H,3-4,7-8,11-14H2,1-2H3,(H,20,24). The van der Waals surface area contributed by atoms with Crippen molar-refractivity contribution in [3.8, 4) is 0 Å². The van der Waals surface area contributed by atoms with Crippen LogP contribution in [0.1, 0.15) is 38.4 Å². The van der Waals surface area contributed by atoms with E-state index in [-0.39, 0.29) is 11.9 Å². The summed E-state index contributed by atoms with van der Waals surface area (Å²) < 4.78 is 2.11. The Balaban J connectivity index is 1.53. The molecule has 3 rings (SSSR count). The van der Waals surface area contributed by atoms with E-state index in [9.17, 15) is 4.79 Å². The highest BCUT2D eigenvalue weighted by molar-refractivity contribution is 5.81. The van der Waals surface area contributed by atoms with Gasteiger partial charge in [-0.05, 0) is 45.0 Å². The van der Waals surface area contributed by atoms with Gasteiger partial charge in [-0.15, -0.1) is 0 Å². The summed E-state index contributed by atoms with van der Waals surface area (Å²) in [5.41, 5.74) is 2.15. The maximum Gasteiger partial charge on any atom is 0.237 e. The Morgan fingerprint density at radius 2 is 1.92 bits per heavy atom. The van der Waals surface area contributed by atoms with Crippen LogP contribution >= 0.6 is 0 Å². The highest BCUT2D eigenvalue weighted by atomic mass is 16.2. The van der Waals surface area contributed by atoms with Crippen molar-refractivity contribution in [2.24, 2.45) is 7.05 Å². The van der Waals surface area contributed by atoms with E-state index in [0.717, 1.165) is 36.4 Å². The average Bonchev–Trinajstić information content (AvgIpc) is 2.79. The number of aromatic nitrogens is 2. The molecule has 1 atom stereocenters. The third-order valence-electron chi connectivity index (χ3n) is 5.10. The van der Waals surface area contributed by atoms with Crippen LogP contribution in [0.4, 0.5) is 0 Å². The van der Waals surface area contributed by atoms with Gasteiger partial charge < -0.3 is 9.88 Å². The molecular formula is C19H28N4O. The molecule has 1 aromatic carbocycles.